The maximum Gasteiger partial charge on any atom is 0.339 e. The van der Waals surface area contributed by atoms with Gasteiger partial charge >= 0.3 is 5.97 Å². The third-order valence-corrected chi connectivity index (χ3v) is 2.93. The largest absolute Gasteiger partial charge is 0.478 e. The van der Waals surface area contributed by atoms with E-state index in [2.05, 4.69) is 16.0 Å². The zero-order chi connectivity index (χ0) is 13.8. The first kappa shape index (κ1) is 13.2. The van der Waals surface area contributed by atoms with Crippen LogP contribution < -0.4 is 0 Å². The van der Waals surface area contributed by atoms with Gasteiger partial charge in [-0.15, -0.1) is 0 Å². The van der Waals surface area contributed by atoms with Crippen molar-refractivity contribution >= 4 is 5.97 Å². The van der Waals surface area contributed by atoms with Gasteiger partial charge in [0.25, 0.3) is 0 Å². The Morgan fingerprint density at radius 2 is 2.16 bits per heavy atom. The van der Waals surface area contributed by atoms with Crippen LogP contribution in [0.4, 0.5) is 0 Å². The molecule has 0 aliphatic rings. The number of carboxylic acid groups (broad SMARTS) is 1. The van der Waals surface area contributed by atoms with Crippen molar-refractivity contribution in [2.45, 2.75) is 26.7 Å². The molecule has 0 aliphatic heterocycles. The average Bonchev–Trinajstić information content (AvgIpc) is 2.38. The smallest absolute Gasteiger partial charge is 0.339 e. The zero-order valence-corrected chi connectivity index (χ0v) is 11.1. The molecule has 0 atom stereocenters. The summed E-state index contributed by atoms with van der Waals surface area (Å²) >= 11 is 0. The number of rotatable bonds is 4. The highest BCUT2D eigenvalue weighted by Crippen LogP contribution is 2.11. The molecule has 1 N–H and O–H groups in total. The van der Waals surface area contributed by atoms with Crippen molar-refractivity contribution in [1.82, 2.24) is 9.97 Å². The number of hydrogen-bond acceptors (Lipinski definition) is 3. The molecule has 0 spiro atoms. The SMILES string of the molecule is CCc1nc(Cc2cccc(C)c2)ncc1C(=O)O. The number of aromatic carboxylic acids is 1. The fourth-order valence-electron chi connectivity index (χ4n) is 2.00. The van der Waals surface area contributed by atoms with E-state index >= 15 is 0 Å². The van der Waals surface area contributed by atoms with Gasteiger partial charge in [-0.25, -0.2) is 14.8 Å². The highest BCUT2D eigenvalue weighted by atomic mass is 16.4. The lowest BCUT2D eigenvalue weighted by atomic mass is 10.1. The monoisotopic (exact) mass is 256 g/mol. The Morgan fingerprint density at radius 3 is 2.79 bits per heavy atom. The van der Waals surface area contributed by atoms with Crippen molar-refractivity contribution < 1.29 is 9.90 Å². The summed E-state index contributed by atoms with van der Waals surface area (Å²) in [5, 5.41) is 9.03. The van der Waals surface area contributed by atoms with Crippen LogP contribution in [0.1, 0.15) is 39.9 Å². The number of aryl methyl sites for hydroxylation is 2. The first-order valence-corrected chi connectivity index (χ1v) is 6.23. The highest BCUT2D eigenvalue weighted by molar-refractivity contribution is 5.88. The van der Waals surface area contributed by atoms with Crippen molar-refractivity contribution in [3.8, 4) is 0 Å². The molecule has 0 amide bonds. The van der Waals surface area contributed by atoms with Crippen LogP contribution in [0.15, 0.2) is 30.5 Å². The molecule has 0 saturated heterocycles. The van der Waals surface area contributed by atoms with Gasteiger partial charge in [0.15, 0.2) is 0 Å². The molecule has 2 rings (SSSR count). The molecule has 2 aromatic rings. The van der Waals surface area contributed by atoms with E-state index in [1.165, 1.54) is 11.8 Å². The normalized spacial score (nSPS) is 10.4. The minimum atomic E-state index is -0.973. The lowest BCUT2D eigenvalue weighted by molar-refractivity contribution is 0.0694. The van der Waals surface area contributed by atoms with Crippen LogP contribution in [-0.2, 0) is 12.8 Å². The van der Waals surface area contributed by atoms with Gasteiger partial charge in [-0.1, -0.05) is 36.8 Å². The second-order valence-electron chi connectivity index (χ2n) is 4.47. The molecule has 1 heterocycles. The van der Waals surface area contributed by atoms with E-state index < -0.39 is 5.97 Å². The van der Waals surface area contributed by atoms with Crippen LogP contribution in [-0.4, -0.2) is 21.0 Å². The van der Waals surface area contributed by atoms with Crippen LogP contribution in [0.3, 0.4) is 0 Å². The van der Waals surface area contributed by atoms with Crippen LogP contribution >= 0.6 is 0 Å². The van der Waals surface area contributed by atoms with Crippen LogP contribution in [0.2, 0.25) is 0 Å². The van der Waals surface area contributed by atoms with E-state index in [4.69, 9.17) is 5.11 Å². The van der Waals surface area contributed by atoms with Crippen LogP contribution in [0.25, 0.3) is 0 Å². The number of carboxylic acids is 1. The van der Waals surface area contributed by atoms with Gasteiger partial charge in [-0.05, 0) is 18.9 Å². The Labute approximate surface area is 112 Å². The Hall–Kier alpha value is -2.23. The molecular formula is C15H16N2O2. The maximum atomic E-state index is 11.0. The molecule has 0 radical (unpaired) electrons. The lowest BCUT2D eigenvalue weighted by Crippen LogP contribution is -2.08. The van der Waals surface area contributed by atoms with E-state index in [1.54, 1.807) is 0 Å². The number of nitrogens with zero attached hydrogens (tertiary/aromatic N) is 2. The van der Waals surface area contributed by atoms with E-state index in [9.17, 15) is 4.79 Å². The Morgan fingerprint density at radius 1 is 1.37 bits per heavy atom. The molecule has 0 fully saturated rings. The molecule has 98 valence electrons. The van der Waals surface area contributed by atoms with E-state index in [-0.39, 0.29) is 5.56 Å². The molecule has 19 heavy (non-hydrogen) atoms. The third kappa shape index (κ3) is 3.16. The molecule has 0 unspecified atom stereocenters. The van der Waals surface area contributed by atoms with Gasteiger partial charge < -0.3 is 5.11 Å². The van der Waals surface area contributed by atoms with Crippen LogP contribution in [0.5, 0.6) is 0 Å². The summed E-state index contributed by atoms with van der Waals surface area (Å²) in [4.78, 5) is 19.5. The van der Waals surface area contributed by atoms with E-state index in [0.29, 0.717) is 24.4 Å². The summed E-state index contributed by atoms with van der Waals surface area (Å²) in [5.41, 5.74) is 3.10. The van der Waals surface area contributed by atoms with Crippen molar-refractivity contribution in [1.29, 1.82) is 0 Å². The van der Waals surface area contributed by atoms with E-state index in [0.717, 1.165) is 5.56 Å². The lowest BCUT2D eigenvalue weighted by Gasteiger charge is -2.06. The van der Waals surface area contributed by atoms with Gasteiger partial charge in [-0.3, -0.25) is 0 Å². The van der Waals surface area contributed by atoms with Gasteiger partial charge in [0.05, 0.1) is 11.3 Å². The number of carbonyl (C=O) groups is 1. The Balaban J connectivity index is 2.29. The molecule has 4 heteroatoms. The number of aromatic nitrogens is 2. The second-order valence-corrected chi connectivity index (χ2v) is 4.47. The number of benzene rings is 1. The predicted octanol–water partition coefficient (Wildman–Crippen LogP) is 2.64. The third-order valence-electron chi connectivity index (χ3n) is 2.93. The first-order valence-electron chi connectivity index (χ1n) is 6.23. The fraction of sp³-hybridized carbons (Fsp3) is 0.267. The summed E-state index contributed by atoms with van der Waals surface area (Å²) in [6, 6.07) is 8.14. The summed E-state index contributed by atoms with van der Waals surface area (Å²) in [6.07, 6.45) is 2.61. The topological polar surface area (TPSA) is 63.1 Å². The number of hydrogen-bond donors (Lipinski definition) is 1. The van der Waals surface area contributed by atoms with Crippen LogP contribution in [0, 0.1) is 6.92 Å². The van der Waals surface area contributed by atoms with Crippen molar-refractivity contribution in [2.75, 3.05) is 0 Å². The average molecular weight is 256 g/mol. The van der Waals surface area contributed by atoms with Crippen molar-refractivity contribution in [3.63, 3.8) is 0 Å². The van der Waals surface area contributed by atoms with Crippen molar-refractivity contribution in [2.24, 2.45) is 0 Å². The summed E-state index contributed by atoms with van der Waals surface area (Å²) < 4.78 is 0. The van der Waals surface area contributed by atoms with Gasteiger partial charge in [0.1, 0.15) is 5.82 Å². The fourth-order valence-corrected chi connectivity index (χ4v) is 2.00. The Kier molecular flexibility index (Phi) is 3.90. The maximum absolute atomic E-state index is 11.0. The summed E-state index contributed by atoms with van der Waals surface area (Å²) in [7, 11) is 0. The second kappa shape index (κ2) is 5.61. The Bertz CT molecular complexity index is 609. The molecule has 0 aliphatic carbocycles. The molecule has 1 aromatic carbocycles. The summed E-state index contributed by atoms with van der Waals surface area (Å²) in [6.45, 7) is 3.93. The predicted molar refractivity (Wildman–Crippen MR) is 72.4 cm³/mol. The van der Waals surface area contributed by atoms with Gasteiger partial charge in [0.2, 0.25) is 0 Å². The summed E-state index contributed by atoms with van der Waals surface area (Å²) in [5.74, 6) is -0.314. The van der Waals surface area contributed by atoms with Gasteiger partial charge in [-0.2, -0.15) is 0 Å². The zero-order valence-electron chi connectivity index (χ0n) is 11.1. The molecule has 1 aromatic heterocycles. The minimum Gasteiger partial charge on any atom is -0.478 e. The van der Waals surface area contributed by atoms with Crippen molar-refractivity contribution in [3.05, 3.63) is 58.7 Å². The molecular weight excluding hydrogens is 240 g/mol. The first-order chi connectivity index (χ1) is 9.10. The molecule has 0 saturated carbocycles. The quantitative estimate of drug-likeness (QED) is 0.913. The standard InChI is InChI=1S/C15H16N2O2/c1-3-13-12(15(18)19)9-16-14(17-13)8-11-6-4-5-10(2)7-11/h4-7,9H,3,8H2,1-2H3,(H,18,19). The highest BCUT2D eigenvalue weighted by Gasteiger charge is 2.12. The molecule has 0 bridgehead atoms. The molecule has 4 nitrogen and oxygen atoms in total. The van der Waals surface area contributed by atoms with Gasteiger partial charge in [0, 0.05) is 12.6 Å². The van der Waals surface area contributed by atoms with E-state index in [1.807, 2.05) is 32.0 Å². The minimum absolute atomic E-state index is 0.190.